The van der Waals surface area contributed by atoms with Crippen molar-refractivity contribution in [2.75, 3.05) is 11.9 Å². The lowest BCUT2D eigenvalue weighted by atomic mass is 10.1. The highest BCUT2D eigenvalue weighted by molar-refractivity contribution is 7.91. The summed E-state index contributed by atoms with van der Waals surface area (Å²) < 4.78 is 31.0. The number of benzene rings is 1. The Morgan fingerprint density at radius 2 is 1.85 bits per heavy atom. The average Bonchev–Trinajstić information content (AvgIpc) is 3.16. The number of nitrogens with one attached hydrogen (secondary N) is 2. The Morgan fingerprint density at radius 1 is 1.15 bits per heavy atom. The number of hydrogen-bond acceptors (Lipinski definition) is 7. The molecule has 2 N–H and O–H groups in total. The molecule has 0 fully saturated rings. The standard InChI is InChI=1S/C17H18N2O6S2/c1-11(20)13-6-3-4-7-14(13)19-17(22)12(2)25-15(21)10-18-27(23,24)16-8-5-9-26-16/h3-9,12,18H,10H2,1-2H3,(H,19,22). The minimum atomic E-state index is -3.80. The Kier molecular flexibility index (Phi) is 6.83. The zero-order valence-corrected chi connectivity index (χ0v) is 16.2. The average molecular weight is 410 g/mol. The van der Waals surface area contributed by atoms with Gasteiger partial charge in [0.15, 0.2) is 11.9 Å². The predicted molar refractivity (Wildman–Crippen MR) is 100 cm³/mol. The van der Waals surface area contributed by atoms with Crippen LogP contribution in [-0.4, -0.2) is 38.7 Å². The minimum absolute atomic E-state index is 0.0712. The topological polar surface area (TPSA) is 119 Å². The number of carbonyl (C=O) groups is 3. The Hall–Kier alpha value is -2.56. The van der Waals surface area contributed by atoms with Crippen LogP contribution in [0.4, 0.5) is 5.69 Å². The smallest absolute Gasteiger partial charge is 0.321 e. The maximum atomic E-state index is 12.2. The summed E-state index contributed by atoms with van der Waals surface area (Å²) in [6.45, 7) is 2.10. The molecule has 1 amide bonds. The monoisotopic (exact) mass is 410 g/mol. The Labute approximate surface area is 160 Å². The molecule has 0 aliphatic heterocycles. The summed E-state index contributed by atoms with van der Waals surface area (Å²) in [4.78, 5) is 35.6. The normalized spacial score (nSPS) is 12.2. The second kappa shape index (κ2) is 8.89. The van der Waals surface area contributed by atoms with Crippen molar-refractivity contribution in [3.05, 3.63) is 47.3 Å². The third-order valence-electron chi connectivity index (χ3n) is 3.41. The van der Waals surface area contributed by atoms with Gasteiger partial charge in [0.05, 0.1) is 5.69 Å². The van der Waals surface area contributed by atoms with Crippen LogP contribution < -0.4 is 10.0 Å². The first-order valence-corrected chi connectivity index (χ1v) is 10.2. The lowest BCUT2D eigenvalue weighted by Crippen LogP contribution is -2.35. The SMILES string of the molecule is CC(=O)c1ccccc1NC(=O)C(C)OC(=O)CNS(=O)(=O)c1cccs1. The van der Waals surface area contributed by atoms with Crippen molar-refractivity contribution >= 4 is 44.7 Å². The van der Waals surface area contributed by atoms with Crippen molar-refractivity contribution in [1.82, 2.24) is 4.72 Å². The molecule has 0 radical (unpaired) electrons. The molecule has 1 unspecified atom stereocenters. The molecule has 8 nitrogen and oxygen atoms in total. The molecule has 10 heteroatoms. The second-order valence-electron chi connectivity index (χ2n) is 5.48. The molecule has 0 spiro atoms. The number of amides is 1. The summed E-state index contributed by atoms with van der Waals surface area (Å²) in [6, 6.07) is 9.41. The number of esters is 1. The van der Waals surface area contributed by atoms with E-state index in [4.69, 9.17) is 4.74 Å². The summed E-state index contributed by atoms with van der Waals surface area (Å²) in [5.41, 5.74) is 0.629. The number of para-hydroxylation sites is 1. The van der Waals surface area contributed by atoms with Crippen LogP contribution in [0, 0.1) is 0 Å². The number of Topliss-reactive ketones (excluding diaryl/α,β-unsaturated/α-hetero) is 1. The van der Waals surface area contributed by atoms with Gasteiger partial charge in [-0.05, 0) is 37.4 Å². The zero-order valence-electron chi connectivity index (χ0n) is 14.6. The van der Waals surface area contributed by atoms with E-state index in [1.165, 1.54) is 19.9 Å². The van der Waals surface area contributed by atoms with Gasteiger partial charge in [0, 0.05) is 5.56 Å². The van der Waals surface area contributed by atoms with Crippen LogP contribution in [0.15, 0.2) is 46.0 Å². The van der Waals surface area contributed by atoms with Gasteiger partial charge < -0.3 is 10.1 Å². The third kappa shape index (κ3) is 5.71. The Balaban J connectivity index is 1.91. The molecule has 2 aromatic rings. The van der Waals surface area contributed by atoms with Gasteiger partial charge in [-0.15, -0.1) is 11.3 Å². The first-order chi connectivity index (χ1) is 12.7. The van der Waals surface area contributed by atoms with Crippen LogP contribution in [0.5, 0.6) is 0 Å². The Bertz CT molecular complexity index is 938. The lowest BCUT2D eigenvalue weighted by Gasteiger charge is -2.15. The molecule has 1 aromatic carbocycles. The van der Waals surface area contributed by atoms with Gasteiger partial charge in [0.25, 0.3) is 15.9 Å². The summed E-state index contributed by atoms with van der Waals surface area (Å²) in [5.74, 6) is -1.77. The van der Waals surface area contributed by atoms with Crippen LogP contribution in [0.1, 0.15) is 24.2 Å². The molecule has 1 aromatic heterocycles. The van der Waals surface area contributed by atoms with Crippen LogP contribution in [0.25, 0.3) is 0 Å². The fraction of sp³-hybridized carbons (Fsp3) is 0.235. The predicted octanol–water partition coefficient (Wildman–Crippen LogP) is 1.80. The molecule has 0 bridgehead atoms. The number of anilines is 1. The summed E-state index contributed by atoms with van der Waals surface area (Å²) >= 11 is 1.01. The molecule has 0 saturated carbocycles. The van der Waals surface area contributed by atoms with E-state index in [1.807, 2.05) is 0 Å². The van der Waals surface area contributed by atoms with Crippen LogP contribution in [-0.2, 0) is 24.3 Å². The van der Waals surface area contributed by atoms with E-state index in [9.17, 15) is 22.8 Å². The van der Waals surface area contributed by atoms with Gasteiger partial charge >= 0.3 is 5.97 Å². The molecular weight excluding hydrogens is 392 g/mol. The van der Waals surface area contributed by atoms with E-state index in [0.717, 1.165) is 11.3 Å². The van der Waals surface area contributed by atoms with Crippen molar-refractivity contribution in [3.63, 3.8) is 0 Å². The van der Waals surface area contributed by atoms with Crippen LogP contribution >= 0.6 is 11.3 Å². The summed E-state index contributed by atoms with van der Waals surface area (Å²) in [5, 5.41) is 4.11. The van der Waals surface area contributed by atoms with Gasteiger partial charge in [0.2, 0.25) is 0 Å². The second-order valence-corrected chi connectivity index (χ2v) is 8.42. The molecule has 1 atom stereocenters. The van der Waals surface area contributed by atoms with E-state index in [1.54, 1.807) is 35.7 Å². The summed E-state index contributed by atoms with van der Waals surface area (Å²) in [7, 11) is -3.80. The highest BCUT2D eigenvalue weighted by Gasteiger charge is 2.22. The van der Waals surface area contributed by atoms with Gasteiger partial charge in [-0.2, -0.15) is 4.72 Å². The van der Waals surface area contributed by atoms with Crippen molar-refractivity contribution in [2.24, 2.45) is 0 Å². The number of hydrogen-bond donors (Lipinski definition) is 2. The van der Waals surface area contributed by atoms with E-state index in [0.29, 0.717) is 11.3 Å². The molecule has 2 rings (SSSR count). The molecule has 0 saturated heterocycles. The van der Waals surface area contributed by atoms with E-state index in [2.05, 4.69) is 10.0 Å². The highest BCUT2D eigenvalue weighted by atomic mass is 32.2. The number of rotatable bonds is 8. The van der Waals surface area contributed by atoms with Crippen molar-refractivity contribution in [3.8, 4) is 0 Å². The molecule has 0 aliphatic rings. The zero-order chi connectivity index (χ0) is 20.0. The first-order valence-electron chi connectivity index (χ1n) is 7.84. The van der Waals surface area contributed by atoms with Crippen LogP contribution in [0.3, 0.4) is 0 Å². The van der Waals surface area contributed by atoms with Gasteiger partial charge in [-0.3, -0.25) is 14.4 Å². The molecule has 144 valence electrons. The quantitative estimate of drug-likeness (QED) is 0.506. The van der Waals surface area contributed by atoms with Crippen molar-refractivity contribution in [1.29, 1.82) is 0 Å². The van der Waals surface area contributed by atoms with Crippen LogP contribution in [0.2, 0.25) is 0 Å². The van der Waals surface area contributed by atoms with E-state index in [-0.39, 0.29) is 9.99 Å². The molecular formula is C17H18N2O6S2. The third-order valence-corrected chi connectivity index (χ3v) is 6.21. The maximum Gasteiger partial charge on any atom is 0.321 e. The maximum absolute atomic E-state index is 12.2. The minimum Gasteiger partial charge on any atom is -0.452 e. The molecule has 27 heavy (non-hydrogen) atoms. The van der Waals surface area contributed by atoms with Gasteiger partial charge in [0.1, 0.15) is 10.8 Å². The number of sulfonamides is 1. The van der Waals surface area contributed by atoms with Gasteiger partial charge in [-0.25, -0.2) is 8.42 Å². The fourth-order valence-corrected chi connectivity index (χ4v) is 4.07. The number of ketones is 1. The molecule has 1 heterocycles. The largest absolute Gasteiger partial charge is 0.452 e. The highest BCUT2D eigenvalue weighted by Crippen LogP contribution is 2.16. The van der Waals surface area contributed by atoms with Crippen molar-refractivity contribution < 1.29 is 27.5 Å². The van der Waals surface area contributed by atoms with Gasteiger partial charge in [-0.1, -0.05) is 18.2 Å². The number of ether oxygens (including phenoxy) is 1. The lowest BCUT2D eigenvalue weighted by molar-refractivity contribution is -0.151. The summed E-state index contributed by atoms with van der Waals surface area (Å²) in [6.07, 6.45) is -1.18. The van der Waals surface area contributed by atoms with E-state index >= 15 is 0 Å². The Morgan fingerprint density at radius 3 is 2.48 bits per heavy atom. The molecule has 0 aliphatic carbocycles. The van der Waals surface area contributed by atoms with E-state index < -0.39 is 34.5 Å². The van der Waals surface area contributed by atoms with Crippen molar-refractivity contribution in [2.45, 2.75) is 24.2 Å². The first kappa shape index (κ1) is 20.7. The number of thiophene rings is 1. The number of carbonyl (C=O) groups excluding carboxylic acids is 3. The fourth-order valence-electron chi connectivity index (χ4n) is 2.07.